The lowest BCUT2D eigenvalue weighted by Gasteiger charge is -2.41. The smallest absolute Gasteiger partial charge is 0.421 e. The molecule has 0 spiro atoms. The number of anilines is 1. The highest BCUT2D eigenvalue weighted by molar-refractivity contribution is 7.99. The number of para-hydroxylation sites is 1. The van der Waals surface area contributed by atoms with Crippen molar-refractivity contribution in [3.8, 4) is 12.1 Å². The van der Waals surface area contributed by atoms with Gasteiger partial charge in [0.15, 0.2) is 0 Å². The highest BCUT2D eigenvalue weighted by atomic mass is 32.2. The largest absolute Gasteiger partial charge is 0.466 e. The standard InChI is InChI=1S/C29H25N3O5S/c1-17(25(33)36-5)29(21-16-38-23-13-9-6-10-19(23)24(21)18(14-30)15-31)20-11-7-8-12-22(20)32(26(29)34)27(35)37-28(2,3)4/h6-13,21H,1,16H2,2-5H3/t21-,29+/m1/s1. The SMILES string of the molecule is C=C(C(=O)OC)[C@]1([C@@H]2CSc3ccccc3C2=C(C#N)C#N)C(=O)N(C(=O)OC(C)(C)C)c2ccccc21. The van der Waals surface area contributed by atoms with Crippen molar-refractivity contribution in [2.75, 3.05) is 17.8 Å². The minimum Gasteiger partial charge on any atom is -0.466 e. The molecule has 0 aromatic heterocycles. The van der Waals surface area contributed by atoms with Crippen molar-refractivity contribution in [1.82, 2.24) is 0 Å². The molecule has 192 valence electrons. The number of ether oxygens (including phenoxy) is 2. The van der Waals surface area contributed by atoms with Gasteiger partial charge in [-0.25, -0.2) is 14.5 Å². The first-order valence-corrected chi connectivity index (χ1v) is 12.7. The van der Waals surface area contributed by atoms with Gasteiger partial charge in [-0.05, 0) is 49.6 Å². The minimum absolute atomic E-state index is 0.194. The molecule has 0 bridgehead atoms. The van der Waals surface area contributed by atoms with Crippen molar-refractivity contribution in [2.24, 2.45) is 5.92 Å². The van der Waals surface area contributed by atoms with E-state index in [1.807, 2.05) is 24.3 Å². The number of esters is 1. The van der Waals surface area contributed by atoms with Crippen molar-refractivity contribution in [2.45, 2.75) is 36.7 Å². The maximum atomic E-state index is 14.6. The summed E-state index contributed by atoms with van der Waals surface area (Å²) in [5.74, 6) is -2.31. The lowest BCUT2D eigenvalue weighted by Crippen LogP contribution is -2.52. The fourth-order valence-electron chi connectivity index (χ4n) is 5.07. The van der Waals surface area contributed by atoms with Crippen molar-refractivity contribution >= 4 is 41.0 Å². The molecule has 0 N–H and O–H groups in total. The summed E-state index contributed by atoms with van der Waals surface area (Å²) in [7, 11) is 1.18. The highest BCUT2D eigenvalue weighted by Crippen LogP contribution is 2.58. The monoisotopic (exact) mass is 527 g/mol. The average molecular weight is 528 g/mol. The number of methoxy groups -OCH3 is 1. The van der Waals surface area contributed by atoms with E-state index in [2.05, 4.69) is 6.58 Å². The van der Waals surface area contributed by atoms with E-state index in [4.69, 9.17) is 9.47 Å². The van der Waals surface area contributed by atoms with Gasteiger partial charge in [0.25, 0.3) is 5.91 Å². The van der Waals surface area contributed by atoms with E-state index in [-0.39, 0.29) is 22.6 Å². The molecule has 2 aromatic carbocycles. The number of carbonyl (C=O) groups is 3. The zero-order valence-electron chi connectivity index (χ0n) is 21.4. The molecule has 4 rings (SSSR count). The van der Waals surface area contributed by atoms with Crippen LogP contribution in [0.15, 0.2) is 71.2 Å². The van der Waals surface area contributed by atoms with Gasteiger partial charge in [-0.1, -0.05) is 43.0 Å². The fraction of sp³-hybridized carbons (Fsp3) is 0.276. The molecule has 2 aliphatic heterocycles. The molecule has 0 saturated carbocycles. The van der Waals surface area contributed by atoms with E-state index in [1.54, 1.807) is 57.2 Å². The average Bonchev–Trinajstić information content (AvgIpc) is 3.16. The van der Waals surface area contributed by atoms with Crippen LogP contribution in [0.4, 0.5) is 10.5 Å². The van der Waals surface area contributed by atoms with Crippen molar-refractivity contribution < 1.29 is 23.9 Å². The summed E-state index contributed by atoms with van der Waals surface area (Å²) < 4.78 is 10.6. The van der Waals surface area contributed by atoms with Gasteiger partial charge in [0.2, 0.25) is 0 Å². The third-order valence-corrected chi connectivity index (χ3v) is 7.71. The predicted octanol–water partition coefficient (Wildman–Crippen LogP) is 5.16. The van der Waals surface area contributed by atoms with E-state index in [1.165, 1.54) is 18.9 Å². The second-order valence-corrected chi connectivity index (χ2v) is 10.9. The number of imide groups is 1. The van der Waals surface area contributed by atoms with Gasteiger partial charge in [0, 0.05) is 16.6 Å². The van der Waals surface area contributed by atoms with Crippen LogP contribution in [0.3, 0.4) is 0 Å². The van der Waals surface area contributed by atoms with Gasteiger partial charge in [0.05, 0.1) is 18.4 Å². The minimum atomic E-state index is -1.85. The van der Waals surface area contributed by atoms with Crippen LogP contribution in [-0.2, 0) is 24.5 Å². The van der Waals surface area contributed by atoms with Crippen LogP contribution >= 0.6 is 11.8 Å². The first-order valence-electron chi connectivity index (χ1n) is 11.7. The summed E-state index contributed by atoms with van der Waals surface area (Å²) in [5.41, 5.74) is -1.68. The summed E-state index contributed by atoms with van der Waals surface area (Å²) in [6, 6.07) is 17.8. The van der Waals surface area contributed by atoms with Gasteiger partial charge in [0.1, 0.15) is 28.7 Å². The molecule has 0 aliphatic carbocycles. The second-order valence-electron chi connectivity index (χ2n) is 9.79. The number of nitriles is 2. The molecule has 2 amide bonds. The number of nitrogens with zero attached hydrogens (tertiary/aromatic N) is 3. The molecule has 2 aromatic rings. The summed E-state index contributed by atoms with van der Waals surface area (Å²) in [6.45, 7) is 9.04. The van der Waals surface area contributed by atoms with Gasteiger partial charge >= 0.3 is 12.1 Å². The number of benzene rings is 2. The van der Waals surface area contributed by atoms with Crippen molar-refractivity contribution in [3.05, 3.63) is 77.4 Å². The van der Waals surface area contributed by atoms with E-state index >= 15 is 0 Å². The molecule has 9 heteroatoms. The number of allylic oxidation sites excluding steroid dienone is 2. The number of thioether (sulfide) groups is 1. The lowest BCUT2D eigenvalue weighted by molar-refractivity contribution is -0.139. The summed E-state index contributed by atoms with van der Waals surface area (Å²) in [4.78, 5) is 42.8. The van der Waals surface area contributed by atoms with Crippen LogP contribution < -0.4 is 4.90 Å². The number of amides is 2. The first kappa shape index (κ1) is 26.7. The Morgan fingerprint density at radius 1 is 1.11 bits per heavy atom. The van der Waals surface area contributed by atoms with Crippen LogP contribution in [0, 0.1) is 28.6 Å². The Kier molecular flexibility index (Phi) is 6.92. The van der Waals surface area contributed by atoms with Gasteiger partial charge < -0.3 is 9.47 Å². The van der Waals surface area contributed by atoms with Crippen LogP contribution in [-0.4, -0.2) is 36.4 Å². The van der Waals surface area contributed by atoms with Crippen LogP contribution in [0.1, 0.15) is 31.9 Å². The Hall–Kier alpha value is -4.34. The normalized spacial score (nSPS) is 19.9. The zero-order valence-corrected chi connectivity index (χ0v) is 22.2. The number of hydrogen-bond donors (Lipinski definition) is 0. The molecule has 2 atom stereocenters. The third-order valence-electron chi connectivity index (χ3n) is 6.54. The Labute approximate surface area is 225 Å². The van der Waals surface area contributed by atoms with Crippen molar-refractivity contribution in [1.29, 1.82) is 10.5 Å². The zero-order chi connectivity index (χ0) is 27.8. The van der Waals surface area contributed by atoms with Crippen LogP contribution in [0.2, 0.25) is 0 Å². The Balaban J connectivity index is 2.08. The molecule has 0 radical (unpaired) electrons. The van der Waals surface area contributed by atoms with E-state index in [0.29, 0.717) is 16.7 Å². The number of fused-ring (bicyclic) bond motifs is 2. The van der Waals surface area contributed by atoms with E-state index in [9.17, 15) is 24.9 Å². The molecule has 8 nitrogen and oxygen atoms in total. The number of hydrogen-bond acceptors (Lipinski definition) is 8. The van der Waals surface area contributed by atoms with Gasteiger partial charge in [-0.15, -0.1) is 11.8 Å². The summed E-state index contributed by atoms with van der Waals surface area (Å²) >= 11 is 1.42. The fourth-order valence-corrected chi connectivity index (χ4v) is 6.34. The Morgan fingerprint density at radius 2 is 1.74 bits per heavy atom. The first-order chi connectivity index (χ1) is 18.0. The molecule has 0 fully saturated rings. The Morgan fingerprint density at radius 3 is 2.37 bits per heavy atom. The molecular weight excluding hydrogens is 502 g/mol. The van der Waals surface area contributed by atoms with Gasteiger partial charge in [-0.2, -0.15) is 10.5 Å². The molecule has 38 heavy (non-hydrogen) atoms. The quantitative estimate of drug-likeness (QED) is 0.305. The predicted molar refractivity (Wildman–Crippen MR) is 142 cm³/mol. The molecule has 2 aliphatic rings. The van der Waals surface area contributed by atoms with Crippen LogP contribution in [0.25, 0.3) is 5.57 Å². The topological polar surface area (TPSA) is 120 Å². The molecule has 2 heterocycles. The summed E-state index contributed by atoms with van der Waals surface area (Å²) in [6.07, 6.45) is -0.912. The molecule has 0 saturated heterocycles. The highest BCUT2D eigenvalue weighted by Gasteiger charge is 2.62. The maximum Gasteiger partial charge on any atom is 0.421 e. The molecule has 0 unspecified atom stereocenters. The van der Waals surface area contributed by atoms with E-state index in [0.717, 1.165) is 9.80 Å². The number of carbonyl (C=O) groups excluding carboxylic acids is 3. The van der Waals surface area contributed by atoms with Gasteiger partial charge in [-0.3, -0.25) is 4.79 Å². The molecular formula is C29H25N3O5S. The number of rotatable bonds is 3. The van der Waals surface area contributed by atoms with Crippen LogP contribution in [0.5, 0.6) is 0 Å². The maximum absolute atomic E-state index is 14.6. The van der Waals surface area contributed by atoms with Crippen molar-refractivity contribution in [3.63, 3.8) is 0 Å². The summed E-state index contributed by atoms with van der Waals surface area (Å²) in [5, 5.41) is 19.9. The third kappa shape index (κ3) is 4.06. The van der Waals surface area contributed by atoms with E-state index < -0.39 is 34.9 Å². The Bertz CT molecular complexity index is 1470. The second kappa shape index (κ2) is 9.85. The lowest BCUT2D eigenvalue weighted by atomic mass is 9.62.